The van der Waals surface area contributed by atoms with Gasteiger partial charge in [-0.05, 0) is 62.2 Å². The number of carbonyl (C=O) groups is 1. The van der Waals surface area contributed by atoms with Gasteiger partial charge in [0.25, 0.3) is 0 Å². The summed E-state index contributed by atoms with van der Waals surface area (Å²) in [5.41, 5.74) is 0.178. The Balaban J connectivity index is 2.27. The summed E-state index contributed by atoms with van der Waals surface area (Å²) in [5, 5.41) is 10.7. The van der Waals surface area contributed by atoms with Crippen molar-refractivity contribution in [2.45, 2.75) is 46.0 Å². The molecule has 0 fully saturated rings. The fourth-order valence-electron chi connectivity index (χ4n) is 2.26. The molecule has 0 atom stereocenters. The van der Waals surface area contributed by atoms with Crippen molar-refractivity contribution < 1.29 is 14.6 Å². The van der Waals surface area contributed by atoms with Crippen molar-refractivity contribution in [2.24, 2.45) is 0 Å². The lowest BCUT2D eigenvalue weighted by molar-refractivity contribution is -0.255. The maximum atomic E-state index is 10.7. The Morgan fingerprint density at radius 3 is 2.05 bits per heavy atom. The number of benzene rings is 1. The first-order chi connectivity index (χ1) is 10.7. The van der Waals surface area contributed by atoms with Crippen molar-refractivity contribution in [1.29, 1.82) is 0 Å². The van der Waals surface area contributed by atoms with Crippen LogP contribution in [0.2, 0.25) is 0 Å². The van der Waals surface area contributed by atoms with E-state index in [1.165, 1.54) is 37.8 Å². The van der Waals surface area contributed by atoms with Crippen LogP contribution in [0.1, 0.15) is 56.3 Å². The number of rotatable bonds is 12. The molecule has 4 heteroatoms. The van der Waals surface area contributed by atoms with Crippen LogP contribution in [0.15, 0.2) is 24.3 Å². The second-order valence-electron chi connectivity index (χ2n) is 5.56. The molecule has 1 rings (SSSR count). The fourth-order valence-corrected chi connectivity index (χ4v) is 2.26. The third kappa shape index (κ3) is 7.46. The lowest BCUT2D eigenvalue weighted by Gasteiger charge is -2.21. The summed E-state index contributed by atoms with van der Waals surface area (Å²) < 4.78 is 5.66. The molecule has 0 spiro atoms. The second kappa shape index (κ2) is 11.1. The highest BCUT2D eigenvalue weighted by Gasteiger charge is 2.04. The summed E-state index contributed by atoms with van der Waals surface area (Å²) in [5.74, 6) is -0.451. The lowest BCUT2D eigenvalue weighted by atomic mass is 10.2. The summed E-state index contributed by atoms with van der Waals surface area (Å²) in [4.78, 5) is 13.2. The molecule has 0 aliphatic carbocycles. The highest BCUT2D eigenvalue weighted by atomic mass is 16.5. The van der Waals surface area contributed by atoms with Gasteiger partial charge in [0, 0.05) is 6.54 Å². The van der Waals surface area contributed by atoms with Crippen LogP contribution < -0.4 is 9.84 Å². The number of hydrogen-bond donors (Lipinski definition) is 0. The minimum Gasteiger partial charge on any atom is -0.545 e. The first-order valence-corrected chi connectivity index (χ1v) is 8.34. The summed E-state index contributed by atoms with van der Waals surface area (Å²) >= 11 is 0. The molecule has 0 unspecified atom stereocenters. The summed E-state index contributed by atoms with van der Waals surface area (Å²) in [6.45, 7) is 8.47. The Morgan fingerprint density at radius 2 is 1.55 bits per heavy atom. The number of unbranched alkanes of at least 4 members (excludes halogenated alkanes) is 2. The minimum absolute atomic E-state index is 0.178. The smallest absolute Gasteiger partial charge is 0.119 e. The van der Waals surface area contributed by atoms with Gasteiger partial charge in [0.15, 0.2) is 0 Å². The van der Waals surface area contributed by atoms with Crippen LogP contribution in [0.3, 0.4) is 0 Å². The predicted molar refractivity (Wildman–Crippen MR) is 87.1 cm³/mol. The zero-order valence-electron chi connectivity index (χ0n) is 13.8. The molecule has 1 aromatic carbocycles. The van der Waals surface area contributed by atoms with Gasteiger partial charge in [-0.15, -0.1) is 0 Å². The molecule has 0 aliphatic heterocycles. The second-order valence-corrected chi connectivity index (χ2v) is 5.56. The van der Waals surface area contributed by atoms with Gasteiger partial charge in [0.2, 0.25) is 0 Å². The van der Waals surface area contributed by atoms with Crippen LogP contribution in [0.25, 0.3) is 0 Å². The zero-order chi connectivity index (χ0) is 16.2. The van der Waals surface area contributed by atoms with Crippen molar-refractivity contribution in [3.05, 3.63) is 29.8 Å². The van der Waals surface area contributed by atoms with E-state index in [1.807, 2.05) is 0 Å². The first-order valence-electron chi connectivity index (χ1n) is 8.34. The molecule has 22 heavy (non-hydrogen) atoms. The maximum absolute atomic E-state index is 10.7. The van der Waals surface area contributed by atoms with Gasteiger partial charge in [0.05, 0.1) is 12.6 Å². The van der Waals surface area contributed by atoms with E-state index < -0.39 is 5.97 Å². The van der Waals surface area contributed by atoms with Crippen molar-refractivity contribution in [1.82, 2.24) is 4.90 Å². The molecule has 0 radical (unpaired) electrons. The number of carbonyl (C=O) groups excluding carboxylic acids is 1. The molecule has 0 saturated carbocycles. The summed E-state index contributed by atoms with van der Waals surface area (Å²) in [7, 11) is 0. The van der Waals surface area contributed by atoms with Crippen LogP contribution in [-0.4, -0.2) is 37.1 Å². The average molecular weight is 306 g/mol. The standard InChI is InChI=1S/C18H29NO3/c1-3-5-12-19(13-6-4-2)14-7-15-22-17-10-8-16(9-11-17)18(20)21/h8-11H,3-7,12-15H2,1-2H3,(H,20,21)/p-1. The van der Waals surface area contributed by atoms with Crippen LogP contribution in [0, 0.1) is 0 Å². The van der Waals surface area contributed by atoms with Gasteiger partial charge in [-0.2, -0.15) is 0 Å². The van der Waals surface area contributed by atoms with Crippen molar-refractivity contribution in [2.75, 3.05) is 26.2 Å². The largest absolute Gasteiger partial charge is 0.545 e. The monoisotopic (exact) mass is 306 g/mol. The number of nitrogens with zero attached hydrogens (tertiary/aromatic N) is 1. The highest BCUT2D eigenvalue weighted by Crippen LogP contribution is 2.12. The topological polar surface area (TPSA) is 52.6 Å². The molecular weight excluding hydrogens is 278 g/mol. The van der Waals surface area contributed by atoms with Crippen LogP contribution >= 0.6 is 0 Å². The van der Waals surface area contributed by atoms with E-state index in [-0.39, 0.29) is 5.56 Å². The van der Waals surface area contributed by atoms with E-state index in [0.717, 1.165) is 26.1 Å². The third-order valence-corrected chi connectivity index (χ3v) is 3.63. The molecule has 4 nitrogen and oxygen atoms in total. The highest BCUT2D eigenvalue weighted by molar-refractivity contribution is 5.85. The molecule has 0 heterocycles. The zero-order valence-corrected chi connectivity index (χ0v) is 13.8. The van der Waals surface area contributed by atoms with Crippen molar-refractivity contribution >= 4 is 5.97 Å². The van der Waals surface area contributed by atoms with E-state index in [9.17, 15) is 9.90 Å². The SMILES string of the molecule is CCCCN(CCCC)CCCOc1ccc(C(=O)[O-])cc1. The first kappa shape index (κ1) is 18.5. The number of aromatic carboxylic acids is 1. The van der Waals surface area contributed by atoms with Gasteiger partial charge in [0.1, 0.15) is 5.75 Å². The van der Waals surface area contributed by atoms with Crippen LogP contribution in [0.4, 0.5) is 0 Å². The Labute approximate surface area is 134 Å². The number of ether oxygens (including phenoxy) is 1. The average Bonchev–Trinajstić information content (AvgIpc) is 2.53. The minimum atomic E-state index is -1.16. The van der Waals surface area contributed by atoms with Gasteiger partial charge >= 0.3 is 0 Å². The molecule has 0 N–H and O–H groups in total. The van der Waals surface area contributed by atoms with E-state index in [1.54, 1.807) is 12.1 Å². The summed E-state index contributed by atoms with van der Waals surface area (Å²) in [6.07, 6.45) is 5.92. The van der Waals surface area contributed by atoms with E-state index in [0.29, 0.717) is 12.4 Å². The Bertz CT molecular complexity index is 409. The molecular formula is C18H28NO3-. The molecule has 1 aromatic rings. The summed E-state index contributed by atoms with van der Waals surface area (Å²) in [6, 6.07) is 6.38. The molecule has 0 saturated heterocycles. The molecule has 0 bridgehead atoms. The third-order valence-electron chi connectivity index (χ3n) is 3.63. The number of carboxylic acids is 1. The number of carboxylic acid groups (broad SMARTS) is 1. The Kier molecular flexibility index (Phi) is 9.31. The number of hydrogen-bond acceptors (Lipinski definition) is 4. The molecule has 0 aromatic heterocycles. The fraction of sp³-hybridized carbons (Fsp3) is 0.611. The van der Waals surface area contributed by atoms with Crippen molar-refractivity contribution in [3.63, 3.8) is 0 Å². The molecule has 0 amide bonds. The van der Waals surface area contributed by atoms with Crippen LogP contribution in [-0.2, 0) is 0 Å². The Morgan fingerprint density at radius 1 is 1.00 bits per heavy atom. The van der Waals surface area contributed by atoms with Gasteiger partial charge < -0.3 is 19.5 Å². The normalized spacial score (nSPS) is 10.9. The van der Waals surface area contributed by atoms with Gasteiger partial charge in [-0.1, -0.05) is 26.7 Å². The quantitative estimate of drug-likeness (QED) is 0.557. The predicted octanol–water partition coefficient (Wildman–Crippen LogP) is 2.72. The van der Waals surface area contributed by atoms with Crippen LogP contribution in [0.5, 0.6) is 5.75 Å². The lowest BCUT2D eigenvalue weighted by Crippen LogP contribution is -2.28. The molecule has 0 aliphatic rings. The van der Waals surface area contributed by atoms with E-state index in [4.69, 9.17) is 4.74 Å². The van der Waals surface area contributed by atoms with E-state index >= 15 is 0 Å². The van der Waals surface area contributed by atoms with E-state index in [2.05, 4.69) is 18.7 Å². The van der Waals surface area contributed by atoms with Gasteiger partial charge in [-0.25, -0.2) is 0 Å². The van der Waals surface area contributed by atoms with Gasteiger partial charge in [-0.3, -0.25) is 0 Å². The molecule has 124 valence electrons. The Hall–Kier alpha value is -1.55. The maximum Gasteiger partial charge on any atom is 0.119 e. The van der Waals surface area contributed by atoms with Crippen molar-refractivity contribution in [3.8, 4) is 5.75 Å².